The third-order valence-corrected chi connectivity index (χ3v) is 23.3. The molecule has 2 aromatic carbocycles. The zero-order valence-corrected chi connectivity index (χ0v) is 36.8. The molecule has 6 fully saturated rings. The lowest BCUT2D eigenvalue weighted by Crippen LogP contribution is -2.68. The Kier molecular flexibility index (Phi) is 8.93. The number of ketones is 2. The van der Waals surface area contributed by atoms with Gasteiger partial charge in [-0.3, -0.25) is 9.59 Å². The Morgan fingerprint density at radius 1 is 0.456 bits per heavy atom. The van der Waals surface area contributed by atoms with Gasteiger partial charge in [-0.1, -0.05) is 113 Å². The smallest absolute Gasteiger partial charge is 0.384 e. The van der Waals surface area contributed by atoms with Gasteiger partial charge in [0.15, 0.2) is 11.6 Å². The Morgan fingerprint density at radius 2 is 0.860 bits per heavy atom. The van der Waals surface area contributed by atoms with Gasteiger partial charge in [0.2, 0.25) is 0 Å². The van der Waals surface area contributed by atoms with Crippen molar-refractivity contribution in [3.8, 4) is 0 Å². The van der Waals surface area contributed by atoms with E-state index < -0.39 is 8.56 Å². The molecule has 0 unspecified atom stereocenters. The molecule has 2 aromatic rings. The Bertz CT molecular complexity index is 1860. The van der Waals surface area contributed by atoms with Gasteiger partial charge in [0.05, 0.1) is 12.2 Å². The van der Waals surface area contributed by atoms with Crippen LogP contribution in [0.15, 0.2) is 84.0 Å². The molecule has 0 amide bonds. The van der Waals surface area contributed by atoms with Gasteiger partial charge in [0.1, 0.15) is 0 Å². The zero-order valence-electron chi connectivity index (χ0n) is 35.8. The summed E-state index contributed by atoms with van der Waals surface area (Å²) < 4.78 is 16.3. The molecule has 0 N–H and O–H groups in total. The lowest BCUT2D eigenvalue weighted by molar-refractivity contribution is -0.139. The van der Waals surface area contributed by atoms with Crippen molar-refractivity contribution in [3.63, 3.8) is 0 Å². The monoisotopic (exact) mass is 784 g/mol. The van der Waals surface area contributed by atoms with Gasteiger partial charge in [-0.05, 0) is 169 Å². The van der Waals surface area contributed by atoms with E-state index in [0.29, 0.717) is 48.1 Å². The summed E-state index contributed by atoms with van der Waals surface area (Å²) in [6.07, 6.45) is 21.7. The molecule has 8 aliphatic rings. The van der Waals surface area contributed by atoms with Crippen LogP contribution in [0.3, 0.4) is 0 Å². The zero-order chi connectivity index (χ0) is 39.6. The molecule has 57 heavy (non-hydrogen) atoms. The van der Waals surface area contributed by atoms with Crippen LogP contribution in [0.25, 0.3) is 0 Å². The first kappa shape index (κ1) is 38.6. The Balaban J connectivity index is 1.01. The van der Waals surface area contributed by atoms with E-state index in [1.54, 1.807) is 0 Å². The Morgan fingerprint density at radius 3 is 1.26 bits per heavy atom. The van der Waals surface area contributed by atoms with E-state index in [2.05, 4.69) is 114 Å². The normalized spacial score (nSPS) is 45.1. The van der Waals surface area contributed by atoms with Gasteiger partial charge in [-0.15, -0.1) is 0 Å². The van der Waals surface area contributed by atoms with Crippen molar-refractivity contribution in [1.29, 1.82) is 0 Å². The summed E-state index contributed by atoms with van der Waals surface area (Å²) in [4.78, 5) is 25.2. The van der Waals surface area contributed by atoms with Gasteiger partial charge in [-0.2, -0.15) is 0 Å². The van der Waals surface area contributed by atoms with Crippen LogP contribution >= 0.6 is 0 Å². The second-order valence-corrected chi connectivity index (χ2v) is 25.0. The summed E-state index contributed by atoms with van der Waals surface area (Å²) in [7, 11) is -3.25. The van der Waals surface area contributed by atoms with E-state index in [1.165, 1.54) is 72.9 Å². The number of rotatable bonds is 6. The summed E-state index contributed by atoms with van der Waals surface area (Å²) in [6.45, 7) is 15.5. The fraction of sp³-hybridized carbons (Fsp3) is 0.654. The van der Waals surface area contributed by atoms with Gasteiger partial charge < -0.3 is 8.85 Å². The molecule has 0 heterocycles. The van der Waals surface area contributed by atoms with Crippen LogP contribution < -0.4 is 10.4 Å². The molecule has 0 radical (unpaired) electrons. The molecule has 0 saturated heterocycles. The second-order valence-electron chi connectivity index (χ2n) is 22.1. The van der Waals surface area contributed by atoms with E-state index in [9.17, 15) is 9.59 Å². The predicted octanol–water partition coefficient (Wildman–Crippen LogP) is 10.9. The number of allylic oxidation sites excluding steroid dienone is 2. The van der Waals surface area contributed by atoms with Gasteiger partial charge in [0.25, 0.3) is 0 Å². The summed E-state index contributed by atoms with van der Waals surface area (Å²) in [5, 5.41) is 2.49. The molecule has 5 heteroatoms. The van der Waals surface area contributed by atoms with E-state index in [-0.39, 0.29) is 44.7 Å². The SMILES string of the molecule is C[C@]12CC[C@H]3[C@@](C)(CCC4=CC(=O)CC[C@@]43C)[C@@H]1CC[C@@H]2O[Si](O[C@H]1CC[C@@H]2[C@]1(C)CC[C@H]1[C@@]2(C)CCC2=CC(=O)CC[C@@]21C)(c1ccccc1)c1ccccc1. The van der Waals surface area contributed by atoms with Crippen LogP contribution in [0.4, 0.5) is 0 Å². The molecule has 0 spiro atoms. The molecule has 0 bridgehead atoms. The van der Waals surface area contributed by atoms with Crippen molar-refractivity contribution >= 4 is 30.5 Å². The van der Waals surface area contributed by atoms with Gasteiger partial charge in [-0.25, -0.2) is 0 Å². The number of hydrogen-bond donors (Lipinski definition) is 0. The molecule has 6 saturated carbocycles. The summed E-state index contributed by atoms with van der Waals surface area (Å²) in [5.41, 5.74) is 3.78. The summed E-state index contributed by atoms with van der Waals surface area (Å²) in [6, 6.07) is 22.4. The minimum atomic E-state index is -3.25. The predicted molar refractivity (Wildman–Crippen MR) is 230 cm³/mol. The number of carbonyl (C=O) groups is 2. The van der Waals surface area contributed by atoms with Gasteiger partial charge in [0, 0.05) is 12.8 Å². The van der Waals surface area contributed by atoms with Crippen molar-refractivity contribution in [2.24, 2.45) is 56.2 Å². The van der Waals surface area contributed by atoms with Crippen molar-refractivity contribution < 1.29 is 18.4 Å². The molecular weight excluding hydrogens is 717 g/mol. The average Bonchev–Trinajstić information content (AvgIpc) is 3.72. The van der Waals surface area contributed by atoms with Crippen LogP contribution in [0.1, 0.15) is 144 Å². The van der Waals surface area contributed by atoms with Crippen molar-refractivity contribution in [1.82, 2.24) is 0 Å². The topological polar surface area (TPSA) is 52.6 Å². The fourth-order valence-electron chi connectivity index (χ4n) is 16.9. The lowest BCUT2D eigenvalue weighted by Gasteiger charge is -2.64. The van der Waals surface area contributed by atoms with Crippen LogP contribution in [0, 0.1) is 56.2 Å². The van der Waals surface area contributed by atoms with E-state index in [0.717, 1.165) is 38.5 Å². The minimum absolute atomic E-state index is 0.0658. The van der Waals surface area contributed by atoms with Crippen molar-refractivity contribution in [2.75, 3.05) is 0 Å². The van der Waals surface area contributed by atoms with Crippen LogP contribution in [-0.4, -0.2) is 32.3 Å². The highest BCUT2D eigenvalue weighted by Gasteiger charge is 2.68. The van der Waals surface area contributed by atoms with Gasteiger partial charge >= 0.3 is 8.56 Å². The second kappa shape index (κ2) is 13.2. The average molecular weight is 785 g/mol. The highest BCUT2D eigenvalue weighted by Crippen LogP contribution is 2.73. The summed E-state index contributed by atoms with van der Waals surface area (Å²) >= 11 is 0. The van der Waals surface area contributed by atoms with Crippen LogP contribution in [-0.2, 0) is 18.4 Å². The largest absolute Gasteiger partial charge is 0.407 e. The maximum Gasteiger partial charge on any atom is 0.407 e. The molecular formula is C52H68O4Si. The molecule has 304 valence electrons. The van der Waals surface area contributed by atoms with Crippen molar-refractivity contribution in [3.05, 3.63) is 84.0 Å². The summed E-state index contributed by atoms with van der Waals surface area (Å²) in [5.74, 6) is 3.10. The molecule has 4 nitrogen and oxygen atoms in total. The lowest BCUT2D eigenvalue weighted by atomic mass is 9.41. The Labute approximate surface area is 344 Å². The number of fused-ring (bicyclic) bond motifs is 10. The molecule has 0 aromatic heterocycles. The van der Waals surface area contributed by atoms with E-state index >= 15 is 0 Å². The molecule has 8 aliphatic carbocycles. The molecule has 10 rings (SSSR count). The van der Waals surface area contributed by atoms with E-state index in [1.807, 2.05) is 0 Å². The first-order chi connectivity index (χ1) is 27.2. The molecule has 12 atom stereocenters. The number of benzene rings is 2. The van der Waals surface area contributed by atoms with Crippen LogP contribution in [0.2, 0.25) is 0 Å². The first-order valence-electron chi connectivity index (χ1n) is 23.1. The van der Waals surface area contributed by atoms with Crippen LogP contribution in [0.5, 0.6) is 0 Å². The highest BCUT2D eigenvalue weighted by atomic mass is 28.4. The third kappa shape index (κ3) is 5.42. The number of hydrogen-bond acceptors (Lipinski definition) is 4. The minimum Gasteiger partial charge on any atom is -0.384 e. The maximum atomic E-state index is 12.6. The third-order valence-electron chi connectivity index (χ3n) is 19.9. The highest BCUT2D eigenvalue weighted by molar-refractivity contribution is 6.92. The standard InChI is InChI=1S/C52H68O4Si/c1-47-29-23-37(53)33-35(47)21-27-49(3)41-17-19-45(51(41,5)31-25-43(47)49)55-57(39-13-9-7-10-14-39,40-15-11-8-12-16-40)56-46-20-18-42-50(4)28-22-36-34-38(54)24-30-48(36,2)44(50)26-32-52(42,46)6/h7-16,33-34,41-46H,17-32H2,1-6H3/t41-,42-,43+,44+,45-,46-,47-,48-,49-,50-,51-,52-/m0/s1. The Hall–Kier alpha value is -2.60. The van der Waals surface area contributed by atoms with Crippen molar-refractivity contribution in [2.45, 2.75) is 156 Å². The van der Waals surface area contributed by atoms with E-state index in [4.69, 9.17) is 8.85 Å². The maximum absolute atomic E-state index is 12.6. The quantitative estimate of drug-likeness (QED) is 0.274. The molecule has 0 aliphatic heterocycles. The first-order valence-corrected chi connectivity index (χ1v) is 25.0. The fourth-order valence-corrected chi connectivity index (χ4v) is 20.7. The number of carbonyl (C=O) groups excluding carboxylic acids is 2.